The Kier molecular flexibility index (Phi) is 2.89. The van der Waals surface area contributed by atoms with Crippen LogP contribution in [0.5, 0.6) is 0 Å². The fourth-order valence-corrected chi connectivity index (χ4v) is 2.43. The average molecular weight is 290 g/mol. The predicted octanol–water partition coefficient (Wildman–Crippen LogP) is 3.60. The second-order valence-electron chi connectivity index (χ2n) is 4.84. The van der Waals surface area contributed by atoms with E-state index in [1.165, 1.54) is 12.4 Å². The quantitative estimate of drug-likeness (QED) is 0.566. The number of hydrogen-bond donors (Lipinski definition) is 0. The van der Waals surface area contributed by atoms with Crippen molar-refractivity contribution in [2.75, 3.05) is 0 Å². The molecule has 5 heteroatoms. The van der Waals surface area contributed by atoms with Crippen molar-refractivity contribution in [3.8, 4) is 22.5 Å². The monoisotopic (exact) mass is 290 g/mol. The van der Waals surface area contributed by atoms with Gasteiger partial charge in [0.05, 0.1) is 11.4 Å². The van der Waals surface area contributed by atoms with Crippen molar-refractivity contribution in [2.45, 2.75) is 0 Å². The Morgan fingerprint density at radius 3 is 2.50 bits per heavy atom. The molecular formula is C17H11FN4. The SMILES string of the molecule is Fc1ccccc1-c1cc(-c2ccccc2)nc2ncnn12. The second-order valence-corrected chi connectivity index (χ2v) is 4.84. The fraction of sp³-hybridized carbons (Fsp3) is 0. The van der Waals surface area contributed by atoms with E-state index in [0.29, 0.717) is 17.0 Å². The van der Waals surface area contributed by atoms with Crippen LogP contribution in [0.25, 0.3) is 28.3 Å². The first-order valence-corrected chi connectivity index (χ1v) is 6.84. The Hall–Kier alpha value is -3.08. The van der Waals surface area contributed by atoms with Gasteiger partial charge >= 0.3 is 0 Å². The Balaban J connectivity index is 2.02. The fourth-order valence-electron chi connectivity index (χ4n) is 2.43. The highest BCUT2D eigenvalue weighted by Crippen LogP contribution is 2.27. The second kappa shape index (κ2) is 5.04. The van der Waals surface area contributed by atoms with E-state index in [2.05, 4.69) is 15.1 Å². The van der Waals surface area contributed by atoms with E-state index in [-0.39, 0.29) is 5.82 Å². The zero-order valence-electron chi connectivity index (χ0n) is 11.5. The molecule has 2 aromatic carbocycles. The maximum atomic E-state index is 14.2. The van der Waals surface area contributed by atoms with E-state index in [4.69, 9.17) is 0 Å². The summed E-state index contributed by atoms with van der Waals surface area (Å²) in [6, 6.07) is 18.2. The van der Waals surface area contributed by atoms with E-state index in [1.807, 2.05) is 36.4 Å². The highest BCUT2D eigenvalue weighted by Gasteiger charge is 2.13. The molecule has 0 saturated heterocycles. The smallest absolute Gasteiger partial charge is 0.211 e. The predicted molar refractivity (Wildman–Crippen MR) is 81.6 cm³/mol. The van der Waals surface area contributed by atoms with Crippen molar-refractivity contribution in [1.82, 2.24) is 19.6 Å². The van der Waals surface area contributed by atoms with E-state index >= 15 is 0 Å². The zero-order chi connectivity index (χ0) is 14.9. The van der Waals surface area contributed by atoms with Crippen molar-refractivity contribution in [1.29, 1.82) is 0 Å². The average Bonchev–Trinajstić information content (AvgIpc) is 3.04. The van der Waals surface area contributed by atoms with Crippen molar-refractivity contribution in [3.63, 3.8) is 0 Å². The Morgan fingerprint density at radius 2 is 1.68 bits per heavy atom. The molecule has 0 spiro atoms. The maximum absolute atomic E-state index is 14.2. The Labute approximate surface area is 125 Å². The number of hydrogen-bond acceptors (Lipinski definition) is 3. The summed E-state index contributed by atoms with van der Waals surface area (Å²) in [5, 5.41) is 4.15. The Bertz CT molecular complexity index is 947. The van der Waals surface area contributed by atoms with Gasteiger partial charge in [0.15, 0.2) is 0 Å². The molecule has 0 aliphatic rings. The molecule has 0 N–H and O–H groups in total. The van der Waals surface area contributed by atoms with Crippen LogP contribution in [0.3, 0.4) is 0 Å². The number of rotatable bonds is 2. The lowest BCUT2D eigenvalue weighted by molar-refractivity contribution is 0.630. The third-order valence-corrected chi connectivity index (χ3v) is 3.47. The number of fused-ring (bicyclic) bond motifs is 1. The summed E-state index contributed by atoms with van der Waals surface area (Å²) in [7, 11) is 0. The number of benzene rings is 2. The van der Waals surface area contributed by atoms with Gasteiger partial charge in [-0.1, -0.05) is 42.5 Å². The summed E-state index contributed by atoms with van der Waals surface area (Å²) in [6.07, 6.45) is 1.42. The van der Waals surface area contributed by atoms with Crippen molar-refractivity contribution in [3.05, 3.63) is 72.8 Å². The van der Waals surface area contributed by atoms with Crippen molar-refractivity contribution < 1.29 is 4.39 Å². The molecule has 4 rings (SSSR count). The first-order valence-electron chi connectivity index (χ1n) is 6.84. The summed E-state index contributed by atoms with van der Waals surface area (Å²) in [5.74, 6) is 0.143. The lowest BCUT2D eigenvalue weighted by Gasteiger charge is -2.08. The van der Waals surface area contributed by atoms with Crippen LogP contribution in [0.4, 0.5) is 4.39 Å². The molecule has 0 aliphatic carbocycles. The van der Waals surface area contributed by atoms with Gasteiger partial charge in [-0.3, -0.25) is 0 Å². The number of nitrogens with zero attached hydrogens (tertiary/aromatic N) is 4. The van der Waals surface area contributed by atoms with E-state index in [1.54, 1.807) is 22.7 Å². The lowest BCUT2D eigenvalue weighted by atomic mass is 10.1. The first-order chi connectivity index (χ1) is 10.8. The van der Waals surface area contributed by atoms with Gasteiger partial charge in [-0.05, 0) is 18.2 Å². The van der Waals surface area contributed by atoms with Crippen molar-refractivity contribution in [2.24, 2.45) is 0 Å². The highest BCUT2D eigenvalue weighted by molar-refractivity contribution is 5.70. The van der Waals surface area contributed by atoms with Gasteiger partial charge in [-0.2, -0.15) is 14.6 Å². The molecule has 0 atom stereocenters. The van der Waals surface area contributed by atoms with Gasteiger partial charge in [0, 0.05) is 11.1 Å². The van der Waals surface area contributed by atoms with Gasteiger partial charge in [0.25, 0.3) is 5.78 Å². The summed E-state index contributed by atoms with van der Waals surface area (Å²) in [6.45, 7) is 0. The van der Waals surface area contributed by atoms with E-state index < -0.39 is 0 Å². The third kappa shape index (κ3) is 2.03. The molecule has 22 heavy (non-hydrogen) atoms. The minimum absolute atomic E-state index is 0.301. The zero-order valence-corrected chi connectivity index (χ0v) is 11.5. The van der Waals surface area contributed by atoms with Crippen LogP contribution < -0.4 is 0 Å². The first kappa shape index (κ1) is 12.6. The maximum Gasteiger partial charge on any atom is 0.253 e. The van der Waals surface area contributed by atoms with Crippen LogP contribution in [0.1, 0.15) is 0 Å². The van der Waals surface area contributed by atoms with Crippen molar-refractivity contribution >= 4 is 5.78 Å². The molecule has 0 amide bonds. The van der Waals surface area contributed by atoms with Crippen LogP contribution in [0, 0.1) is 5.82 Å². The summed E-state index contributed by atoms with van der Waals surface area (Å²) < 4.78 is 15.7. The largest absolute Gasteiger partial charge is 0.253 e. The van der Waals surface area contributed by atoms with E-state index in [0.717, 1.165) is 11.3 Å². The minimum Gasteiger partial charge on any atom is -0.211 e. The lowest BCUT2D eigenvalue weighted by Crippen LogP contribution is -2.00. The molecule has 2 aromatic heterocycles. The summed E-state index contributed by atoms with van der Waals surface area (Å²) in [5.41, 5.74) is 2.78. The summed E-state index contributed by atoms with van der Waals surface area (Å²) in [4.78, 5) is 8.63. The molecule has 0 saturated carbocycles. The van der Waals surface area contributed by atoms with Gasteiger partial charge in [0.2, 0.25) is 0 Å². The summed E-state index contributed by atoms with van der Waals surface area (Å²) >= 11 is 0. The minimum atomic E-state index is -0.301. The molecule has 4 aromatic rings. The van der Waals surface area contributed by atoms with Crippen LogP contribution >= 0.6 is 0 Å². The highest BCUT2D eigenvalue weighted by atomic mass is 19.1. The molecule has 0 bridgehead atoms. The van der Waals surface area contributed by atoms with Crippen LogP contribution in [-0.2, 0) is 0 Å². The van der Waals surface area contributed by atoms with Gasteiger partial charge in [-0.25, -0.2) is 9.37 Å². The number of halogens is 1. The topological polar surface area (TPSA) is 43.1 Å². The van der Waals surface area contributed by atoms with Gasteiger partial charge < -0.3 is 0 Å². The Morgan fingerprint density at radius 1 is 0.909 bits per heavy atom. The van der Waals surface area contributed by atoms with Crippen LogP contribution in [0.15, 0.2) is 67.0 Å². The third-order valence-electron chi connectivity index (χ3n) is 3.47. The molecule has 0 fully saturated rings. The van der Waals surface area contributed by atoms with Gasteiger partial charge in [0.1, 0.15) is 12.1 Å². The molecular weight excluding hydrogens is 279 g/mol. The standard InChI is InChI=1S/C17H11FN4/c18-14-9-5-4-8-13(14)16-10-15(12-6-2-1-3-7-12)21-17-19-11-20-22(16)17/h1-11H. The molecule has 106 valence electrons. The molecule has 0 radical (unpaired) electrons. The van der Waals surface area contributed by atoms with E-state index in [9.17, 15) is 4.39 Å². The molecule has 2 heterocycles. The van der Waals surface area contributed by atoms with Gasteiger partial charge in [-0.15, -0.1) is 0 Å². The molecule has 0 unspecified atom stereocenters. The van der Waals surface area contributed by atoms with Crippen LogP contribution in [-0.4, -0.2) is 19.6 Å². The normalized spacial score (nSPS) is 11.0. The molecule has 4 nitrogen and oxygen atoms in total. The molecule has 0 aliphatic heterocycles. The number of aromatic nitrogens is 4. The van der Waals surface area contributed by atoms with Crippen LogP contribution in [0.2, 0.25) is 0 Å².